The number of hydrogen-bond acceptors (Lipinski definition) is 7. The Morgan fingerprint density at radius 3 is 2.20 bits per heavy atom. The van der Waals surface area contributed by atoms with Gasteiger partial charge in [-0.15, -0.1) is 11.8 Å². The molecule has 0 unspecified atom stereocenters. The Labute approximate surface area is 152 Å². The monoisotopic (exact) mass is 362 g/mol. The summed E-state index contributed by atoms with van der Waals surface area (Å²) >= 11 is 1.17. The lowest BCUT2D eigenvalue weighted by Crippen LogP contribution is -2.38. The van der Waals surface area contributed by atoms with Gasteiger partial charge in [0.25, 0.3) is 0 Å². The first kappa shape index (κ1) is 18.9. The van der Waals surface area contributed by atoms with Crippen molar-refractivity contribution in [3.05, 3.63) is 54.9 Å². The Bertz CT molecular complexity index is 615. The average molecular weight is 362 g/mol. The zero-order valence-corrected chi connectivity index (χ0v) is 15.1. The summed E-state index contributed by atoms with van der Waals surface area (Å²) in [6, 6.07) is 9.81. The van der Waals surface area contributed by atoms with Gasteiger partial charge in [-0.3, -0.25) is 19.6 Å². The van der Waals surface area contributed by atoms with Crippen LogP contribution in [0, 0.1) is 0 Å². The van der Waals surface area contributed by atoms with Gasteiger partial charge in [-0.05, 0) is 38.1 Å². The van der Waals surface area contributed by atoms with Crippen LogP contribution in [0.1, 0.15) is 13.8 Å². The third-order valence-electron chi connectivity index (χ3n) is 3.27. The molecule has 0 spiro atoms. The molecule has 0 radical (unpaired) electrons. The third kappa shape index (κ3) is 5.29. The molecule has 134 valence electrons. The Kier molecular flexibility index (Phi) is 7.40. The highest BCUT2D eigenvalue weighted by Crippen LogP contribution is 2.24. The van der Waals surface area contributed by atoms with Crippen molar-refractivity contribution in [1.29, 1.82) is 0 Å². The number of hydrazine groups is 1. The van der Waals surface area contributed by atoms with Crippen molar-refractivity contribution in [2.75, 3.05) is 24.1 Å². The van der Waals surface area contributed by atoms with Gasteiger partial charge in [-0.25, -0.2) is 0 Å². The Balaban J connectivity index is 2.06. The van der Waals surface area contributed by atoms with Crippen molar-refractivity contribution < 1.29 is 19.1 Å². The second-order valence-corrected chi connectivity index (χ2v) is 6.05. The van der Waals surface area contributed by atoms with Crippen LogP contribution in [0.15, 0.2) is 54.9 Å². The van der Waals surface area contributed by atoms with E-state index in [1.165, 1.54) is 11.8 Å². The van der Waals surface area contributed by atoms with Crippen LogP contribution in [0.3, 0.4) is 0 Å². The first-order chi connectivity index (χ1) is 12.2. The molecule has 0 atom stereocenters. The van der Waals surface area contributed by atoms with Crippen LogP contribution in [0.5, 0.6) is 0 Å². The maximum atomic E-state index is 12.1. The van der Waals surface area contributed by atoms with Gasteiger partial charge in [-0.1, -0.05) is 18.2 Å². The van der Waals surface area contributed by atoms with Gasteiger partial charge in [0.2, 0.25) is 5.25 Å². The molecule has 0 aliphatic carbocycles. The van der Waals surface area contributed by atoms with Crippen LogP contribution in [-0.2, 0) is 19.1 Å². The normalized spacial score (nSPS) is 13.2. The predicted molar refractivity (Wildman–Crippen MR) is 98.6 cm³/mol. The van der Waals surface area contributed by atoms with E-state index < -0.39 is 17.2 Å². The van der Waals surface area contributed by atoms with Gasteiger partial charge in [-0.2, -0.15) is 0 Å². The van der Waals surface area contributed by atoms with Crippen LogP contribution < -0.4 is 5.01 Å². The van der Waals surface area contributed by atoms with Crippen molar-refractivity contribution in [3.63, 3.8) is 0 Å². The molecule has 1 aliphatic rings. The number of nitrogens with zero attached hydrogens (tertiary/aromatic N) is 2. The minimum absolute atomic E-state index is 0.220. The minimum atomic E-state index is -1.00. The second-order valence-electron chi connectivity index (χ2n) is 4.98. The first-order valence-corrected chi connectivity index (χ1v) is 9.13. The molecule has 7 heteroatoms. The zero-order chi connectivity index (χ0) is 18.1. The van der Waals surface area contributed by atoms with Crippen LogP contribution >= 0.6 is 11.8 Å². The quantitative estimate of drug-likeness (QED) is 0.520. The Morgan fingerprint density at radius 1 is 1.00 bits per heavy atom. The molecule has 1 heterocycles. The van der Waals surface area contributed by atoms with Crippen molar-refractivity contribution in [2.24, 2.45) is 0 Å². The van der Waals surface area contributed by atoms with Crippen molar-refractivity contribution in [1.82, 2.24) is 5.01 Å². The maximum Gasteiger partial charge on any atom is 0.330 e. The highest BCUT2D eigenvalue weighted by atomic mass is 32.2. The lowest BCUT2D eigenvalue weighted by atomic mass is 10.3. The summed E-state index contributed by atoms with van der Waals surface area (Å²) in [5, 5.41) is 2.85. The average Bonchev–Trinajstić information content (AvgIpc) is 2.63. The number of carbonyl (C=O) groups excluding carboxylic acids is 2. The molecule has 0 N–H and O–H groups in total. The van der Waals surface area contributed by atoms with Crippen LogP contribution in [0.25, 0.3) is 0 Å². The number of anilines is 1. The molecule has 1 aromatic rings. The number of thioether (sulfide) groups is 1. The van der Waals surface area contributed by atoms with E-state index in [4.69, 9.17) is 9.47 Å². The molecule has 0 saturated heterocycles. The molecule has 25 heavy (non-hydrogen) atoms. The molecular formula is C18H22N2O4S. The number of hydrogen-bond donors (Lipinski definition) is 0. The second kappa shape index (κ2) is 9.78. The number of rotatable bonds is 8. The molecule has 0 bridgehead atoms. The van der Waals surface area contributed by atoms with E-state index in [1.807, 2.05) is 64.9 Å². The largest absolute Gasteiger partial charge is 0.465 e. The van der Waals surface area contributed by atoms with E-state index in [0.29, 0.717) is 5.88 Å². The summed E-state index contributed by atoms with van der Waals surface area (Å²) in [5.41, 5.74) is 0.979. The smallest absolute Gasteiger partial charge is 0.330 e. The van der Waals surface area contributed by atoms with E-state index in [0.717, 1.165) is 5.69 Å². The van der Waals surface area contributed by atoms with Gasteiger partial charge in [0.05, 0.1) is 24.8 Å². The summed E-state index contributed by atoms with van der Waals surface area (Å²) in [5.74, 6) is -0.764. The van der Waals surface area contributed by atoms with Gasteiger partial charge < -0.3 is 9.47 Å². The molecule has 0 aromatic heterocycles. The fourth-order valence-electron chi connectivity index (χ4n) is 2.18. The molecule has 0 fully saturated rings. The number of esters is 2. The fourth-order valence-corrected chi connectivity index (χ4v) is 3.10. The van der Waals surface area contributed by atoms with Gasteiger partial charge in [0.1, 0.15) is 0 Å². The molecule has 0 saturated carbocycles. The first-order valence-electron chi connectivity index (χ1n) is 8.08. The van der Waals surface area contributed by atoms with Crippen molar-refractivity contribution in [2.45, 2.75) is 19.1 Å². The van der Waals surface area contributed by atoms with E-state index >= 15 is 0 Å². The number of ether oxygens (including phenoxy) is 2. The van der Waals surface area contributed by atoms with Crippen LogP contribution in [0.4, 0.5) is 5.69 Å². The summed E-state index contributed by atoms with van der Waals surface area (Å²) in [6.07, 6.45) is 7.61. The molecule has 1 aliphatic heterocycles. The van der Waals surface area contributed by atoms with E-state index in [2.05, 4.69) is 0 Å². The number of allylic oxidation sites excluding steroid dienone is 2. The molecular weight excluding hydrogens is 340 g/mol. The Morgan fingerprint density at radius 2 is 1.60 bits per heavy atom. The Hall–Kier alpha value is -2.41. The molecule has 1 aromatic carbocycles. The van der Waals surface area contributed by atoms with Gasteiger partial charge in [0.15, 0.2) is 0 Å². The third-order valence-corrected chi connectivity index (χ3v) is 4.40. The highest BCUT2D eigenvalue weighted by molar-refractivity contribution is 8.01. The van der Waals surface area contributed by atoms with E-state index in [9.17, 15) is 9.59 Å². The van der Waals surface area contributed by atoms with Gasteiger partial charge >= 0.3 is 11.9 Å². The van der Waals surface area contributed by atoms with Crippen molar-refractivity contribution in [3.8, 4) is 0 Å². The number of carbonyl (C=O) groups is 2. The van der Waals surface area contributed by atoms with Gasteiger partial charge in [0, 0.05) is 12.4 Å². The van der Waals surface area contributed by atoms with Crippen LogP contribution in [0.2, 0.25) is 0 Å². The predicted octanol–water partition coefficient (Wildman–Crippen LogP) is 2.94. The minimum Gasteiger partial charge on any atom is -0.465 e. The topological polar surface area (TPSA) is 59.1 Å². The SMILES string of the molecule is CCOC(=O)C(SCN1C=CC=CN1c1ccccc1)C(=O)OCC. The standard InChI is InChI=1S/C18H22N2O4S/c1-3-23-17(21)16(18(22)24-4-2)25-14-19-12-8-9-13-20(19)15-10-6-5-7-11-15/h5-13,16H,3-4,14H2,1-2H3. The number of benzene rings is 1. The lowest BCUT2D eigenvalue weighted by Gasteiger charge is -2.35. The van der Waals surface area contributed by atoms with E-state index in [-0.39, 0.29) is 13.2 Å². The van der Waals surface area contributed by atoms with Crippen LogP contribution in [-0.4, -0.2) is 41.3 Å². The number of para-hydroxylation sites is 1. The summed E-state index contributed by atoms with van der Waals surface area (Å²) in [4.78, 5) is 24.2. The fraction of sp³-hybridized carbons (Fsp3) is 0.333. The summed E-state index contributed by atoms with van der Waals surface area (Å²) in [7, 11) is 0. The summed E-state index contributed by atoms with van der Waals surface area (Å²) in [6.45, 7) is 3.86. The highest BCUT2D eigenvalue weighted by Gasteiger charge is 2.31. The zero-order valence-electron chi connectivity index (χ0n) is 14.3. The molecule has 2 rings (SSSR count). The lowest BCUT2D eigenvalue weighted by molar-refractivity contribution is -0.152. The van der Waals surface area contributed by atoms with Crippen molar-refractivity contribution >= 4 is 29.4 Å². The molecule has 6 nitrogen and oxygen atoms in total. The van der Waals surface area contributed by atoms with E-state index in [1.54, 1.807) is 13.8 Å². The molecule has 0 amide bonds. The maximum absolute atomic E-state index is 12.1. The summed E-state index contributed by atoms with van der Waals surface area (Å²) < 4.78 is 10.00.